The normalized spacial score (nSPS) is 26.9. The summed E-state index contributed by atoms with van der Waals surface area (Å²) in [5, 5.41) is 9.15. The first-order valence-electron chi connectivity index (χ1n) is 21.3. The van der Waals surface area contributed by atoms with E-state index in [0.717, 1.165) is 25.5 Å². The number of para-hydroxylation sites is 1. The Morgan fingerprint density at radius 2 is 1.90 bits per heavy atom. The predicted octanol–water partition coefficient (Wildman–Crippen LogP) is 3.44. The van der Waals surface area contributed by atoms with Crippen molar-refractivity contribution in [3.63, 3.8) is 0 Å². The minimum Gasteiger partial charge on any atom is -0.404 e. The van der Waals surface area contributed by atoms with Gasteiger partial charge >= 0.3 is 5.69 Å². The lowest BCUT2D eigenvalue weighted by Gasteiger charge is -2.42. The van der Waals surface area contributed by atoms with Gasteiger partial charge in [-0.1, -0.05) is 6.07 Å². The zero-order valence-electron chi connectivity index (χ0n) is 34.6. The van der Waals surface area contributed by atoms with Crippen LogP contribution >= 0.6 is 0 Å². The summed E-state index contributed by atoms with van der Waals surface area (Å²) in [4.78, 5) is 66.4. The van der Waals surface area contributed by atoms with E-state index in [0.29, 0.717) is 68.0 Å². The molecule has 5 fully saturated rings. The van der Waals surface area contributed by atoms with Gasteiger partial charge in [-0.3, -0.25) is 33.5 Å². The quantitative estimate of drug-likeness (QED) is 0.147. The van der Waals surface area contributed by atoms with Crippen LogP contribution in [-0.2, 0) is 26.2 Å². The average Bonchev–Trinajstić information content (AvgIpc) is 4.06. The lowest BCUT2D eigenvalue weighted by molar-refractivity contribution is -0.135. The molecule has 4 N–H and O–H groups in total. The van der Waals surface area contributed by atoms with Crippen molar-refractivity contribution in [3.05, 3.63) is 64.9 Å². The number of amides is 3. The van der Waals surface area contributed by atoms with Crippen LogP contribution < -0.4 is 31.9 Å². The van der Waals surface area contributed by atoms with Crippen molar-refractivity contribution in [3.8, 4) is 0 Å². The SMILES string of the molecule is CN(CC1CCC(n2cc(NC(=O)/C(=C/N)c3nccc(N4C[C@H]5C[C@@H]4CO5)n3)c(C(F)F)n2)CC1)[C@H]1CCN(c2cccc3c2n(C)c(=O)n3[C@H]2CCC(=O)NC2=O)C[C@@H]1F. The summed E-state index contributed by atoms with van der Waals surface area (Å²) < 4.78 is 54.9. The summed E-state index contributed by atoms with van der Waals surface area (Å²) in [6, 6.07) is 6.09. The lowest BCUT2D eigenvalue weighted by Crippen LogP contribution is -2.52. The fourth-order valence-corrected chi connectivity index (χ4v) is 10.3. The summed E-state index contributed by atoms with van der Waals surface area (Å²) in [5.41, 5.74) is 6.67. The fraction of sp³-hybridized carbons (Fsp3) is 0.548. The van der Waals surface area contributed by atoms with Gasteiger partial charge in [-0.25, -0.2) is 27.9 Å². The molecule has 1 aliphatic carbocycles. The molecule has 1 saturated carbocycles. The van der Waals surface area contributed by atoms with Crippen molar-refractivity contribution in [2.45, 2.75) is 94.2 Å². The number of benzene rings is 1. The molecule has 4 aromatic rings. The number of aromatic nitrogens is 6. The monoisotopic (exact) mass is 860 g/mol. The second-order valence-electron chi connectivity index (χ2n) is 17.2. The number of halogens is 3. The number of alkyl halides is 3. The van der Waals surface area contributed by atoms with Crippen LogP contribution in [0.15, 0.2) is 47.7 Å². The number of carbonyl (C=O) groups excluding carboxylic acids is 3. The first-order chi connectivity index (χ1) is 29.9. The molecule has 0 spiro atoms. The largest absolute Gasteiger partial charge is 0.404 e. The molecule has 62 heavy (non-hydrogen) atoms. The Kier molecular flexibility index (Phi) is 11.3. The highest BCUT2D eigenvalue weighted by Crippen LogP contribution is 2.38. The van der Waals surface area contributed by atoms with Crippen LogP contribution in [0.1, 0.15) is 81.4 Å². The molecular formula is C42H51F3N12O5. The summed E-state index contributed by atoms with van der Waals surface area (Å²) in [5.74, 6) is -0.625. The number of anilines is 3. The van der Waals surface area contributed by atoms with Gasteiger partial charge in [0, 0.05) is 57.7 Å². The van der Waals surface area contributed by atoms with E-state index in [9.17, 15) is 28.0 Å². The number of carbonyl (C=O) groups is 3. The van der Waals surface area contributed by atoms with Crippen molar-refractivity contribution in [2.75, 3.05) is 55.0 Å². The van der Waals surface area contributed by atoms with Gasteiger partial charge in [0.05, 0.1) is 59.3 Å². The third kappa shape index (κ3) is 7.71. The molecule has 2 bridgehead atoms. The number of imide groups is 1. The summed E-state index contributed by atoms with van der Waals surface area (Å²) in [6.07, 6.45) is 4.82. The fourth-order valence-electron chi connectivity index (χ4n) is 10.3. The number of morpholine rings is 1. The highest BCUT2D eigenvalue weighted by atomic mass is 19.3. The van der Waals surface area contributed by atoms with Crippen LogP contribution in [0.25, 0.3) is 16.6 Å². The standard InChI is InChI=1S/C42H51F3N12O5/c1-52(30-13-15-54(20-28(30)43)31-4-3-5-32-37(31)53(2)42(61)57(32)33-10-11-35(58)50-41(33)60)18-23-6-8-24(9-7-23)56-21-29(36(51-56)38(44)45)48-40(59)27(17-46)39-47-14-12-34(49-39)55-19-26-16-25(55)22-62-26/h3-5,12,14,17,21,23-26,28,30,33,38H,6-11,13,15-16,18-20,22,46H2,1-2H3,(H,48,59)(H,50,58,60)/b27-17+/t23?,24?,25-,26-,28+,30+,33+/m1/s1. The summed E-state index contributed by atoms with van der Waals surface area (Å²) >= 11 is 0. The molecule has 20 heteroatoms. The van der Waals surface area contributed by atoms with Crippen LogP contribution in [0.4, 0.5) is 30.4 Å². The lowest BCUT2D eigenvalue weighted by atomic mass is 9.85. The second kappa shape index (κ2) is 16.8. The molecule has 4 aliphatic heterocycles. The van der Waals surface area contributed by atoms with Crippen molar-refractivity contribution >= 4 is 51.5 Å². The molecule has 4 saturated heterocycles. The van der Waals surface area contributed by atoms with E-state index in [2.05, 4.69) is 35.5 Å². The predicted molar refractivity (Wildman–Crippen MR) is 223 cm³/mol. The number of nitrogens with zero attached hydrogens (tertiary/aromatic N) is 9. The number of rotatable bonds is 11. The van der Waals surface area contributed by atoms with E-state index < -0.39 is 36.1 Å². The average molecular weight is 861 g/mol. The first kappa shape index (κ1) is 41.6. The molecule has 3 aromatic heterocycles. The van der Waals surface area contributed by atoms with Crippen molar-refractivity contribution in [1.29, 1.82) is 0 Å². The topological polar surface area (TPSA) is 191 Å². The van der Waals surface area contributed by atoms with Crippen molar-refractivity contribution in [1.82, 2.24) is 39.1 Å². The number of ether oxygens (including phenoxy) is 1. The van der Waals surface area contributed by atoms with E-state index in [1.54, 1.807) is 31.4 Å². The van der Waals surface area contributed by atoms with Gasteiger partial charge in [0.25, 0.3) is 12.3 Å². The van der Waals surface area contributed by atoms with E-state index >= 15 is 4.39 Å². The maximum Gasteiger partial charge on any atom is 0.329 e. The van der Waals surface area contributed by atoms with E-state index in [4.69, 9.17) is 10.5 Å². The van der Waals surface area contributed by atoms with Gasteiger partial charge in [0.15, 0.2) is 11.5 Å². The first-order valence-corrected chi connectivity index (χ1v) is 21.3. The van der Waals surface area contributed by atoms with Crippen LogP contribution in [-0.4, -0.2) is 116 Å². The van der Waals surface area contributed by atoms with E-state index in [-0.39, 0.29) is 78.2 Å². The molecule has 9 rings (SSSR count). The number of nitrogens with one attached hydrogen (secondary N) is 2. The molecule has 7 heterocycles. The number of fused-ring (bicyclic) bond motifs is 3. The second-order valence-corrected chi connectivity index (χ2v) is 17.2. The third-order valence-corrected chi connectivity index (χ3v) is 13.5. The minimum atomic E-state index is -2.94. The highest BCUT2D eigenvalue weighted by Gasteiger charge is 2.40. The molecule has 1 aromatic carbocycles. The molecule has 330 valence electrons. The van der Waals surface area contributed by atoms with Crippen molar-refractivity contribution < 1.29 is 32.3 Å². The summed E-state index contributed by atoms with van der Waals surface area (Å²) in [6.45, 7) is 2.63. The number of nitrogens with two attached hydrogens (primary N) is 1. The summed E-state index contributed by atoms with van der Waals surface area (Å²) in [7, 11) is 3.58. The molecule has 17 nitrogen and oxygen atoms in total. The number of piperidine rings is 2. The number of hydrogen-bond donors (Lipinski definition) is 3. The Balaban J connectivity index is 0.805. The smallest absolute Gasteiger partial charge is 0.329 e. The molecule has 5 aliphatic rings. The van der Waals surface area contributed by atoms with Gasteiger partial charge in [0.2, 0.25) is 11.8 Å². The Labute approximate surface area is 355 Å². The van der Waals surface area contributed by atoms with Gasteiger partial charge in [-0.15, -0.1) is 0 Å². The van der Waals surface area contributed by atoms with Gasteiger partial charge in [-0.05, 0) is 76.1 Å². The van der Waals surface area contributed by atoms with Crippen LogP contribution in [0.2, 0.25) is 0 Å². The third-order valence-electron chi connectivity index (χ3n) is 13.5. The molecule has 0 unspecified atom stereocenters. The van der Waals surface area contributed by atoms with Crippen LogP contribution in [0, 0.1) is 5.92 Å². The number of aryl methyl sites for hydroxylation is 1. The van der Waals surface area contributed by atoms with Gasteiger partial charge in [-0.2, -0.15) is 5.10 Å². The maximum absolute atomic E-state index is 16.1. The Bertz CT molecular complexity index is 2460. The van der Waals surface area contributed by atoms with Gasteiger partial charge in [0.1, 0.15) is 18.0 Å². The number of hydrogen-bond acceptors (Lipinski definition) is 12. The van der Waals surface area contributed by atoms with Gasteiger partial charge < -0.3 is 30.5 Å². The Morgan fingerprint density at radius 1 is 1.10 bits per heavy atom. The maximum atomic E-state index is 16.1. The highest BCUT2D eigenvalue weighted by molar-refractivity contribution is 6.24. The van der Waals surface area contributed by atoms with Crippen LogP contribution in [0.3, 0.4) is 0 Å². The zero-order chi connectivity index (χ0) is 43.4. The van der Waals surface area contributed by atoms with Crippen LogP contribution in [0.5, 0.6) is 0 Å². The molecular weight excluding hydrogens is 810 g/mol. The Hall–Kier alpha value is -5.76. The molecule has 3 amide bonds. The molecule has 5 atom stereocenters. The number of imidazole rings is 1. The minimum absolute atomic E-state index is 0.0581. The van der Waals surface area contributed by atoms with Crippen molar-refractivity contribution in [2.24, 2.45) is 18.7 Å². The Morgan fingerprint density at radius 3 is 2.60 bits per heavy atom. The van der Waals surface area contributed by atoms with E-state index in [1.807, 2.05) is 18.0 Å². The van der Waals surface area contributed by atoms with E-state index in [1.165, 1.54) is 20.0 Å². The molecule has 0 radical (unpaired) electrons. The zero-order valence-corrected chi connectivity index (χ0v) is 34.6.